The highest BCUT2D eigenvalue weighted by molar-refractivity contribution is 8.00. The van der Waals surface area contributed by atoms with Gasteiger partial charge in [0.25, 0.3) is 0 Å². The van der Waals surface area contributed by atoms with E-state index in [1.54, 1.807) is 0 Å². The summed E-state index contributed by atoms with van der Waals surface area (Å²) in [5.41, 5.74) is 0. The predicted molar refractivity (Wildman–Crippen MR) is 44.0 cm³/mol. The lowest BCUT2D eigenvalue weighted by Gasteiger charge is -2.09. The van der Waals surface area contributed by atoms with Crippen LogP contribution in [0.1, 0.15) is 20.3 Å². The summed E-state index contributed by atoms with van der Waals surface area (Å²) in [5, 5.41) is 5.07. The second-order valence-electron chi connectivity index (χ2n) is 2.75. The lowest BCUT2D eigenvalue weighted by Crippen LogP contribution is -2.20. The highest BCUT2D eigenvalue weighted by atomic mass is 32.2. The van der Waals surface area contributed by atoms with Gasteiger partial charge in [0.15, 0.2) is 0 Å². The van der Waals surface area contributed by atoms with Crippen LogP contribution in [0.3, 0.4) is 0 Å². The number of rotatable bonds is 0. The SMILES string of the molecule is CC1CCNCC(C)S1. The first-order valence-electron chi connectivity index (χ1n) is 3.65. The van der Waals surface area contributed by atoms with E-state index in [2.05, 4.69) is 30.9 Å². The molecule has 0 aromatic rings. The molecule has 1 aliphatic heterocycles. The lowest BCUT2D eigenvalue weighted by atomic mass is 10.3. The van der Waals surface area contributed by atoms with Crippen molar-refractivity contribution in [2.24, 2.45) is 0 Å². The molecule has 0 aromatic heterocycles. The van der Waals surface area contributed by atoms with Crippen molar-refractivity contribution in [3.8, 4) is 0 Å². The Morgan fingerprint density at radius 2 is 2.11 bits per heavy atom. The monoisotopic (exact) mass is 145 g/mol. The van der Waals surface area contributed by atoms with Gasteiger partial charge in [0.05, 0.1) is 0 Å². The van der Waals surface area contributed by atoms with Crippen LogP contribution in [0.25, 0.3) is 0 Å². The minimum atomic E-state index is 0.808. The van der Waals surface area contributed by atoms with Gasteiger partial charge in [-0.1, -0.05) is 13.8 Å². The fourth-order valence-electron chi connectivity index (χ4n) is 1.12. The zero-order valence-corrected chi connectivity index (χ0v) is 7.00. The second kappa shape index (κ2) is 3.47. The maximum atomic E-state index is 3.41. The Labute approximate surface area is 61.6 Å². The molecule has 0 amide bonds. The molecule has 2 heteroatoms. The van der Waals surface area contributed by atoms with Crippen molar-refractivity contribution in [1.82, 2.24) is 5.32 Å². The first-order chi connectivity index (χ1) is 4.29. The van der Waals surface area contributed by atoms with Crippen LogP contribution in [0.15, 0.2) is 0 Å². The van der Waals surface area contributed by atoms with Crippen LogP contribution in [-0.4, -0.2) is 23.6 Å². The van der Waals surface area contributed by atoms with E-state index >= 15 is 0 Å². The van der Waals surface area contributed by atoms with Crippen molar-refractivity contribution in [3.05, 3.63) is 0 Å². The van der Waals surface area contributed by atoms with Gasteiger partial charge >= 0.3 is 0 Å². The summed E-state index contributed by atoms with van der Waals surface area (Å²) in [6.07, 6.45) is 1.33. The Morgan fingerprint density at radius 3 is 2.89 bits per heavy atom. The van der Waals surface area contributed by atoms with Crippen molar-refractivity contribution >= 4 is 11.8 Å². The zero-order chi connectivity index (χ0) is 6.69. The minimum absolute atomic E-state index is 0.808. The molecule has 1 N–H and O–H groups in total. The van der Waals surface area contributed by atoms with Crippen molar-refractivity contribution in [2.45, 2.75) is 30.8 Å². The van der Waals surface area contributed by atoms with Crippen molar-refractivity contribution < 1.29 is 0 Å². The summed E-state index contributed by atoms with van der Waals surface area (Å²) >= 11 is 2.10. The summed E-state index contributed by atoms with van der Waals surface area (Å²) in [6, 6.07) is 0. The third-order valence-corrected chi connectivity index (χ3v) is 2.96. The van der Waals surface area contributed by atoms with Gasteiger partial charge < -0.3 is 5.32 Å². The number of thioether (sulfide) groups is 1. The van der Waals surface area contributed by atoms with Gasteiger partial charge in [0, 0.05) is 17.0 Å². The summed E-state index contributed by atoms with van der Waals surface area (Å²) in [5.74, 6) is 0. The molecular formula is C7H15NS. The third-order valence-electron chi connectivity index (χ3n) is 1.62. The maximum absolute atomic E-state index is 3.41. The van der Waals surface area contributed by atoms with Crippen LogP contribution in [0.2, 0.25) is 0 Å². The smallest absolute Gasteiger partial charge is 0.0146 e. The summed E-state index contributed by atoms with van der Waals surface area (Å²) in [7, 11) is 0. The van der Waals surface area contributed by atoms with Crippen molar-refractivity contribution in [2.75, 3.05) is 13.1 Å². The lowest BCUT2D eigenvalue weighted by molar-refractivity contribution is 0.667. The molecule has 0 radical (unpaired) electrons. The summed E-state index contributed by atoms with van der Waals surface area (Å²) in [6.45, 7) is 7.00. The van der Waals surface area contributed by atoms with Crippen LogP contribution in [0, 0.1) is 0 Å². The van der Waals surface area contributed by atoms with E-state index in [0.29, 0.717) is 0 Å². The van der Waals surface area contributed by atoms with Gasteiger partial charge in [-0.05, 0) is 13.0 Å². The van der Waals surface area contributed by atoms with E-state index in [-0.39, 0.29) is 0 Å². The molecule has 9 heavy (non-hydrogen) atoms. The molecule has 0 saturated carbocycles. The first-order valence-corrected chi connectivity index (χ1v) is 4.59. The summed E-state index contributed by atoms with van der Waals surface area (Å²) in [4.78, 5) is 0. The minimum Gasteiger partial charge on any atom is -0.316 e. The number of nitrogens with one attached hydrogen (secondary N) is 1. The quantitative estimate of drug-likeness (QED) is 0.554. The summed E-state index contributed by atoms with van der Waals surface area (Å²) < 4.78 is 0. The molecule has 0 aliphatic carbocycles. The molecule has 54 valence electrons. The first kappa shape index (κ1) is 7.42. The topological polar surface area (TPSA) is 12.0 Å². The Balaban J connectivity index is 2.29. The van der Waals surface area contributed by atoms with Crippen molar-refractivity contribution in [3.63, 3.8) is 0 Å². The molecule has 2 atom stereocenters. The molecule has 0 bridgehead atoms. The van der Waals surface area contributed by atoms with Gasteiger partial charge in [-0.15, -0.1) is 0 Å². The van der Waals surface area contributed by atoms with Crippen molar-refractivity contribution in [1.29, 1.82) is 0 Å². The van der Waals surface area contributed by atoms with E-state index in [9.17, 15) is 0 Å². The number of hydrogen-bond donors (Lipinski definition) is 1. The average molecular weight is 145 g/mol. The standard InChI is InChI=1S/C7H15NS/c1-6-3-4-8-5-7(2)9-6/h6-8H,3-5H2,1-2H3. The van der Waals surface area contributed by atoms with Crippen LogP contribution >= 0.6 is 11.8 Å². The van der Waals surface area contributed by atoms with E-state index < -0.39 is 0 Å². The molecule has 1 nitrogen and oxygen atoms in total. The molecule has 0 spiro atoms. The van der Waals surface area contributed by atoms with Crippen LogP contribution in [0.4, 0.5) is 0 Å². The average Bonchev–Trinajstić information content (AvgIpc) is 1.93. The Morgan fingerprint density at radius 1 is 1.33 bits per heavy atom. The van der Waals surface area contributed by atoms with Crippen LogP contribution in [-0.2, 0) is 0 Å². The Kier molecular flexibility index (Phi) is 2.86. The highest BCUT2D eigenvalue weighted by Gasteiger charge is 2.11. The molecule has 1 heterocycles. The maximum Gasteiger partial charge on any atom is 0.0146 e. The molecular weight excluding hydrogens is 130 g/mol. The molecule has 0 aromatic carbocycles. The largest absolute Gasteiger partial charge is 0.316 e. The second-order valence-corrected chi connectivity index (χ2v) is 4.63. The molecule has 1 rings (SSSR count). The van der Waals surface area contributed by atoms with E-state index in [0.717, 1.165) is 10.5 Å². The fraction of sp³-hybridized carbons (Fsp3) is 1.00. The fourth-order valence-corrected chi connectivity index (χ4v) is 2.38. The van der Waals surface area contributed by atoms with Gasteiger partial charge in [-0.2, -0.15) is 11.8 Å². The Hall–Kier alpha value is 0.310. The molecule has 2 unspecified atom stereocenters. The van der Waals surface area contributed by atoms with E-state index in [1.165, 1.54) is 19.5 Å². The molecule has 1 fully saturated rings. The molecule has 1 aliphatic rings. The van der Waals surface area contributed by atoms with E-state index in [1.807, 2.05) is 0 Å². The highest BCUT2D eigenvalue weighted by Crippen LogP contribution is 2.20. The van der Waals surface area contributed by atoms with E-state index in [4.69, 9.17) is 0 Å². The van der Waals surface area contributed by atoms with Gasteiger partial charge in [-0.25, -0.2) is 0 Å². The normalized spacial score (nSPS) is 38.0. The van der Waals surface area contributed by atoms with Crippen LogP contribution < -0.4 is 5.32 Å². The Bertz CT molecular complexity index is 75.0. The molecule has 1 saturated heterocycles. The predicted octanol–water partition coefficient (Wildman–Crippen LogP) is 1.49. The zero-order valence-electron chi connectivity index (χ0n) is 6.18. The third kappa shape index (κ3) is 2.59. The van der Waals surface area contributed by atoms with Gasteiger partial charge in [0.1, 0.15) is 0 Å². The number of hydrogen-bond acceptors (Lipinski definition) is 2. The van der Waals surface area contributed by atoms with Gasteiger partial charge in [0.2, 0.25) is 0 Å². The van der Waals surface area contributed by atoms with Gasteiger partial charge in [-0.3, -0.25) is 0 Å². The van der Waals surface area contributed by atoms with Crippen LogP contribution in [0.5, 0.6) is 0 Å².